The predicted octanol–water partition coefficient (Wildman–Crippen LogP) is 2.01. The SMILES string of the molecule is O=C(NN=CC1CC2C=CC1C2)c1ccccn1. The Morgan fingerprint density at radius 1 is 1.39 bits per heavy atom. The number of rotatable bonds is 3. The van der Waals surface area contributed by atoms with Gasteiger partial charge in [0, 0.05) is 18.3 Å². The fourth-order valence-electron chi connectivity index (χ4n) is 2.74. The van der Waals surface area contributed by atoms with Crippen molar-refractivity contribution >= 4 is 12.1 Å². The molecule has 1 N–H and O–H groups in total. The molecule has 2 bridgehead atoms. The second-order valence-electron chi connectivity index (χ2n) is 4.88. The maximum atomic E-state index is 11.7. The van der Waals surface area contributed by atoms with Gasteiger partial charge in [0.25, 0.3) is 5.91 Å². The van der Waals surface area contributed by atoms with Crippen molar-refractivity contribution in [1.82, 2.24) is 10.4 Å². The van der Waals surface area contributed by atoms with E-state index in [0.717, 1.165) is 12.3 Å². The van der Waals surface area contributed by atoms with Crippen molar-refractivity contribution in [3.05, 3.63) is 42.2 Å². The number of allylic oxidation sites excluding steroid dienone is 2. The summed E-state index contributed by atoms with van der Waals surface area (Å²) in [4.78, 5) is 15.6. The molecule has 1 aromatic rings. The molecule has 4 nitrogen and oxygen atoms in total. The van der Waals surface area contributed by atoms with Gasteiger partial charge in [-0.3, -0.25) is 9.78 Å². The van der Waals surface area contributed by atoms with Gasteiger partial charge in [-0.15, -0.1) is 0 Å². The van der Waals surface area contributed by atoms with Gasteiger partial charge < -0.3 is 0 Å². The van der Waals surface area contributed by atoms with Crippen LogP contribution in [0, 0.1) is 17.8 Å². The number of pyridine rings is 1. The summed E-state index contributed by atoms with van der Waals surface area (Å²) in [6, 6.07) is 5.24. The number of amides is 1. The van der Waals surface area contributed by atoms with E-state index >= 15 is 0 Å². The quantitative estimate of drug-likeness (QED) is 0.500. The minimum atomic E-state index is -0.259. The lowest BCUT2D eigenvalue weighted by Crippen LogP contribution is -2.20. The third kappa shape index (κ3) is 2.18. The first-order valence-corrected chi connectivity index (χ1v) is 6.26. The molecule has 1 aromatic heterocycles. The molecule has 0 aromatic carbocycles. The van der Waals surface area contributed by atoms with Crippen molar-refractivity contribution < 1.29 is 4.79 Å². The van der Waals surface area contributed by atoms with E-state index in [-0.39, 0.29) is 5.91 Å². The number of carbonyl (C=O) groups excluding carboxylic acids is 1. The van der Waals surface area contributed by atoms with E-state index in [9.17, 15) is 4.79 Å². The molecule has 0 aliphatic heterocycles. The smallest absolute Gasteiger partial charge is 0.266 e. The summed E-state index contributed by atoms with van der Waals surface area (Å²) in [6.45, 7) is 0. The van der Waals surface area contributed by atoms with Gasteiger partial charge >= 0.3 is 0 Å². The van der Waals surface area contributed by atoms with Crippen LogP contribution in [-0.2, 0) is 0 Å². The molecule has 92 valence electrons. The summed E-state index contributed by atoms with van der Waals surface area (Å²) in [5.41, 5.74) is 2.92. The van der Waals surface area contributed by atoms with Gasteiger partial charge in [-0.05, 0) is 36.8 Å². The average molecular weight is 241 g/mol. The third-order valence-electron chi connectivity index (χ3n) is 3.66. The lowest BCUT2D eigenvalue weighted by atomic mass is 9.95. The van der Waals surface area contributed by atoms with Gasteiger partial charge in [0.05, 0.1) is 0 Å². The summed E-state index contributed by atoms with van der Waals surface area (Å²) < 4.78 is 0. The summed E-state index contributed by atoms with van der Waals surface area (Å²) in [5.74, 6) is 1.55. The van der Waals surface area contributed by atoms with Crippen LogP contribution < -0.4 is 5.43 Å². The lowest BCUT2D eigenvalue weighted by molar-refractivity contribution is 0.0950. The Morgan fingerprint density at radius 2 is 2.33 bits per heavy atom. The Kier molecular flexibility index (Phi) is 2.92. The highest BCUT2D eigenvalue weighted by Crippen LogP contribution is 2.42. The Balaban J connectivity index is 1.55. The standard InChI is InChI=1S/C14H15N3O/c18-14(13-3-1-2-6-15-13)17-16-9-12-8-10-4-5-11(12)7-10/h1-6,9-12H,7-8H2,(H,17,18). The van der Waals surface area contributed by atoms with Crippen LogP contribution in [0.4, 0.5) is 0 Å². The highest BCUT2D eigenvalue weighted by atomic mass is 16.2. The van der Waals surface area contributed by atoms with Crippen LogP contribution in [0.1, 0.15) is 23.3 Å². The maximum Gasteiger partial charge on any atom is 0.289 e. The molecule has 2 aliphatic rings. The number of nitrogens with zero attached hydrogens (tertiary/aromatic N) is 2. The molecular formula is C14H15N3O. The van der Waals surface area contributed by atoms with Crippen LogP contribution >= 0.6 is 0 Å². The van der Waals surface area contributed by atoms with Crippen molar-refractivity contribution in [2.75, 3.05) is 0 Å². The highest BCUT2D eigenvalue weighted by molar-refractivity contribution is 5.92. The Hall–Kier alpha value is -1.97. The van der Waals surface area contributed by atoms with Crippen molar-refractivity contribution in [2.24, 2.45) is 22.9 Å². The first-order valence-electron chi connectivity index (χ1n) is 6.26. The van der Waals surface area contributed by atoms with Crippen molar-refractivity contribution in [1.29, 1.82) is 0 Å². The molecule has 3 unspecified atom stereocenters. The van der Waals surface area contributed by atoms with Crippen molar-refractivity contribution in [3.63, 3.8) is 0 Å². The second-order valence-corrected chi connectivity index (χ2v) is 4.88. The molecule has 1 heterocycles. The van der Waals surface area contributed by atoms with E-state index < -0.39 is 0 Å². The van der Waals surface area contributed by atoms with Crippen LogP contribution in [0.3, 0.4) is 0 Å². The molecule has 0 saturated heterocycles. The molecule has 0 spiro atoms. The Morgan fingerprint density at radius 3 is 3.00 bits per heavy atom. The molecule has 2 aliphatic carbocycles. The van der Waals surface area contributed by atoms with Gasteiger partial charge in [-0.2, -0.15) is 5.10 Å². The van der Waals surface area contributed by atoms with E-state index in [4.69, 9.17) is 0 Å². The molecular weight excluding hydrogens is 226 g/mol. The fourth-order valence-corrected chi connectivity index (χ4v) is 2.74. The van der Waals surface area contributed by atoms with E-state index in [2.05, 4.69) is 27.7 Å². The predicted molar refractivity (Wildman–Crippen MR) is 69.0 cm³/mol. The fraction of sp³-hybridized carbons (Fsp3) is 0.357. The lowest BCUT2D eigenvalue weighted by Gasteiger charge is -2.11. The van der Waals surface area contributed by atoms with Crippen LogP contribution in [0.15, 0.2) is 41.6 Å². The van der Waals surface area contributed by atoms with E-state index in [1.54, 1.807) is 24.4 Å². The van der Waals surface area contributed by atoms with Gasteiger partial charge in [0.2, 0.25) is 0 Å². The number of aromatic nitrogens is 1. The number of hydrogen-bond donors (Lipinski definition) is 1. The summed E-state index contributed by atoms with van der Waals surface area (Å²) in [5, 5.41) is 4.05. The summed E-state index contributed by atoms with van der Waals surface area (Å²) in [6.07, 6.45) is 10.4. The van der Waals surface area contributed by atoms with E-state index in [1.165, 1.54) is 6.42 Å². The van der Waals surface area contributed by atoms with E-state index in [0.29, 0.717) is 17.5 Å². The zero-order valence-electron chi connectivity index (χ0n) is 9.99. The van der Waals surface area contributed by atoms with Crippen LogP contribution in [0.5, 0.6) is 0 Å². The number of nitrogens with one attached hydrogen (secondary N) is 1. The molecule has 1 amide bonds. The van der Waals surface area contributed by atoms with Crippen LogP contribution in [0.25, 0.3) is 0 Å². The van der Waals surface area contributed by atoms with Gasteiger partial charge in [0.1, 0.15) is 5.69 Å². The largest absolute Gasteiger partial charge is 0.289 e. The normalized spacial score (nSPS) is 29.0. The minimum Gasteiger partial charge on any atom is -0.266 e. The number of fused-ring (bicyclic) bond motifs is 2. The van der Waals surface area contributed by atoms with Crippen LogP contribution in [-0.4, -0.2) is 17.1 Å². The molecule has 18 heavy (non-hydrogen) atoms. The minimum absolute atomic E-state index is 0.259. The maximum absolute atomic E-state index is 11.7. The molecule has 3 rings (SSSR count). The summed E-state index contributed by atoms with van der Waals surface area (Å²) >= 11 is 0. The molecule has 0 radical (unpaired) electrons. The van der Waals surface area contributed by atoms with Gasteiger partial charge in [-0.1, -0.05) is 18.2 Å². The van der Waals surface area contributed by atoms with E-state index in [1.807, 2.05) is 6.21 Å². The van der Waals surface area contributed by atoms with Crippen LogP contribution in [0.2, 0.25) is 0 Å². The topological polar surface area (TPSA) is 54.4 Å². The first-order chi connectivity index (χ1) is 8.83. The third-order valence-corrected chi connectivity index (χ3v) is 3.66. The highest BCUT2D eigenvalue weighted by Gasteiger charge is 2.34. The van der Waals surface area contributed by atoms with Gasteiger partial charge in [-0.25, -0.2) is 5.43 Å². The molecule has 1 fully saturated rings. The molecule has 1 saturated carbocycles. The average Bonchev–Trinajstić information content (AvgIpc) is 3.02. The summed E-state index contributed by atoms with van der Waals surface area (Å²) in [7, 11) is 0. The van der Waals surface area contributed by atoms with Gasteiger partial charge in [0.15, 0.2) is 0 Å². The number of carbonyl (C=O) groups is 1. The van der Waals surface area contributed by atoms with Crippen molar-refractivity contribution in [3.8, 4) is 0 Å². The zero-order chi connectivity index (χ0) is 12.4. The zero-order valence-corrected chi connectivity index (χ0v) is 9.99. The first kappa shape index (κ1) is 11.1. The second kappa shape index (κ2) is 4.72. The number of hydrazone groups is 1. The monoisotopic (exact) mass is 241 g/mol. The molecule has 3 atom stereocenters. The number of hydrogen-bond acceptors (Lipinski definition) is 3. The Labute approximate surface area is 106 Å². The van der Waals surface area contributed by atoms with Crippen molar-refractivity contribution in [2.45, 2.75) is 12.8 Å². The molecule has 4 heteroatoms. The Bertz CT molecular complexity index is 495.